The highest BCUT2D eigenvalue weighted by atomic mass is 15.2. The van der Waals surface area contributed by atoms with E-state index < -0.39 is 0 Å². The van der Waals surface area contributed by atoms with E-state index in [0.29, 0.717) is 5.92 Å². The highest BCUT2D eigenvalue weighted by molar-refractivity contribution is 5.87. The van der Waals surface area contributed by atoms with E-state index in [0.717, 1.165) is 49.3 Å². The molecule has 1 aliphatic heterocycles. The molecule has 0 bridgehead atoms. The summed E-state index contributed by atoms with van der Waals surface area (Å²) in [5, 5.41) is 1.09. The average molecular weight is 359 g/mol. The number of piperidine rings is 1. The number of rotatable bonds is 4. The van der Waals surface area contributed by atoms with Crippen LogP contribution in [0.15, 0.2) is 55.5 Å². The summed E-state index contributed by atoms with van der Waals surface area (Å²) in [6, 6.07) is 6.17. The molecule has 1 aliphatic rings. The third kappa shape index (κ3) is 3.05. The van der Waals surface area contributed by atoms with Gasteiger partial charge in [-0.2, -0.15) is 0 Å². The second kappa shape index (κ2) is 6.83. The fourth-order valence-corrected chi connectivity index (χ4v) is 3.96. The Balaban J connectivity index is 1.31. The maximum absolute atomic E-state index is 4.67. The van der Waals surface area contributed by atoms with Gasteiger partial charge in [0.15, 0.2) is 0 Å². The van der Waals surface area contributed by atoms with Crippen LogP contribution in [0.5, 0.6) is 0 Å². The normalized spacial score (nSPS) is 15.5. The van der Waals surface area contributed by atoms with Crippen LogP contribution in [0.25, 0.3) is 11.0 Å². The lowest BCUT2D eigenvalue weighted by atomic mass is 9.95. The Morgan fingerprint density at radius 1 is 1.00 bits per heavy atom. The van der Waals surface area contributed by atoms with E-state index in [9.17, 15) is 0 Å². The summed E-state index contributed by atoms with van der Waals surface area (Å²) >= 11 is 0. The van der Waals surface area contributed by atoms with E-state index in [2.05, 4.69) is 58.8 Å². The molecule has 0 atom stereocenters. The van der Waals surface area contributed by atoms with Crippen LogP contribution in [0, 0.1) is 0 Å². The van der Waals surface area contributed by atoms with Gasteiger partial charge in [0.1, 0.15) is 23.6 Å². The number of hydrogen-bond donors (Lipinski definition) is 1. The average Bonchev–Trinajstić information content (AvgIpc) is 3.38. The number of nitrogens with one attached hydrogen (secondary N) is 1. The van der Waals surface area contributed by atoms with Crippen molar-refractivity contribution in [2.24, 2.45) is 0 Å². The van der Waals surface area contributed by atoms with Gasteiger partial charge in [-0.3, -0.25) is 4.98 Å². The first-order valence-electron chi connectivity index (χ1n) is 9.31. The van der Waals surface area contributed by atoms with Crippen LogP contribution >= 0.6 is 0 Å². The van der Waals surface area contributed by atoms with Crippen molar-refractivity contribution >= 4 is 16.9 Å². The summed E-state index contributed by atoms with van der Waals surface area (Å²) in [6.07, 6.45) is 13.4. The number of H-pyrrole nitrogens is 1. The Kier molecular flexibility index (Phi) is 4.04. The zero-order valence-electron chi connectivity index (χ0n) is 15.0. The molecule has 136 valence electrons. The summed E-state index contributed by atoms with van der Waals surface area (Å²) in [7, 11) is 0. The molecule has 5 rings (SSSR count). The van der Waals surface area contributed by atoms with Crippen LogP contribution < -0.4 is 4.90 Å². The smallest absolute Gasteiger partial charge is 0.142 e. The lowest BCUT2D eigenvalue weighted by Gasteiger charge is -2.33. The minimum Gasteiger partial charge on any atom is -0.356 e. The molecular weight excluding hydrogens is 338 g/mol. The predicted octanol–water partition coefficient (Wildman–Crippen LogP) is 2.98. The number of pyridine rings is 1. The van der Waals surface area contributed by atoms with Gasteiger partial charge in [-0.25, -0.2) is 15.0 Å². The number of anilines is 1. The molecule has 1 saturated heterocycles. The van der Waals surface area contributed by atoms with Crippen molar-refractivity contribution in [3.63, 3.8) is 0 Å². The van der Waals surface area contributed by atoms with Gasteiger partial charge in [-0.1, -0.05) is 0 Å². The lowest BCUT2D eigenvalue weighted by molar-refractivity contribution is 0.469. The SMILES string of the molecule is c1cc(Cn2ccnc2C2CCN(c3ncnc4[nH]ccc34)CC2)ccn1. The molecule has 27 heavy (non-hydrogen) atoms. The van der Waals surface area contributed by atoms with Gasteiger partial charge in [0.05, 0.1) is 5.39 Å². The Morgan fingerprint density at radius 3 is 2.70 bits per heavy atom. The summed E-state index contributed by atoms with van der Waals surface area (Å²) < 4.78 is 2.27. The molecule has 0 aliphatic carbocycles. The summed E-state index contributed by atoms with van der Waals surface area (Å²) in [6.45, 7) is 2.79. The molecule has 7 nitrogen and oxygen atoms in total. The summed E-state index contributed by atoms with van der Waals surface area (Å²) in [4.78, 5) is 23.1. The number of imidazole rings is 1. The van der Waals surface area contributed by atoms with Crippen LogP contribution in [0.2, 0.25) is 0 Å². The number of aromatic amines is 1. The zero-order chi connectivity index (χ0) is 18.1. The Bertz CT molecular complexity index is 1030. The van der Waals surface area contributed by atoms with Gasteiger partial charge < -0.3 is 14.5 Å². The van der Waals surface area contributed by atoms with E-state index in [1.807, 2.05) is 24.8 Å². The van der Waals surface area contributed by atoms with E-state index in [1.165, 1.54) is 11.4 Å². The van der Waals surface area contributed by atoms with Crippen molar-refractivity contribution in [3.05, 3.63) is 66.9 Å². The van der Waals surface area contributed by atoms with Crippen molar-refractivity contribution < 1.29 is 0 Å². The first kappa shape index (κ1) is 16.0. The standard InChI is InChI=1S/C20H21N7/c1-6-21-7-2-15(1)13-27-12-9-23-19(27)16-4-10-26(11-5-16)20-17-3-8-22-18(17)24-14-25-20/h1-3,6-9,12,14,16H,4-5,10-11,13H2,(H,22,24,25). The van der Waals surface area contributed by atoms with Crippen molar-refractivity contribution in [2.45, 2.75) is 25.3 Å². The van der Waals surface area contributed by atoms with Gasteiger partial charge in [0.25, 0.3) is 0 Å². The molecule has 7 heteroatoms. The highest BCUT2D eigenvalue weighted by Gasteiger charge is 2.25. The molecule has 0 aromatic carbocycles. The minimum atomic E-state index is 0.474. The Morgan fingerprint density at radius 2 is 1.85 bits per heavy atom. The van der Waals surface area contributed by atoms with Crippen LogP contribution in [-0.2, 0) is 6.54 Å². The largest absolute Gasteiger partial charge is 0.356 e. The van der Waals surface area contributed by atoms with E-state index >= 15 is 0 Å². The number of fused-ring (bicyclic) bond motifs is 1. The third-order valence-electron chi connectivity index (χ3n) is 5.34. The monoisotopic (exact) mass is 359 g/mol. The molecule has 0 spiro atoms. The first-order chi connectivity index (χ1) is 13.4. The number of aromatic nitrogens is 6. The van der Waals surface area contributed by atoms with Crippen molar-refractivity contribution in [1.82, 2.24) is 29.5 Å². The quantitative estimate of drug-likeness (QED) is 0.606. The molecule has 0 saturated carbocycles. The van der Waals surface area contributed by atoms with Gasteiger partial charge >= 0.3 is 0 Å². The number of hydrogen-bond acceptors (Lipinski definition) is 5. The highest BCUT2D eigenvalue weighted by Crippen LogP contribution is 2.31. The molecular formula is C20H21N7. The minimum absolute atomic E-state index is 0.474. The van der Waals surface area contributed by atoms with Crippen LogP contribution in [0.1, 0.15) is 30.1 Å². The summed E-state index contributed by atoms with van der Waals surface area (Å²) in [5.41, 5.74) is 2.15. The van der Waals surface area contributed by atoms with Crippen molar-refractivity contribution in [1.29, 1.82) is 0 Å². The van der Waals surface area contributed by atoms with Gasteiger partial charge in [0.2, 0.25) is 0 Å². The zero-order valence-corrected chi connectivity index (χ0v) is 15.0. The fraction of sp³-hybridized carbons (Fsp3) is 0.300. The second-order valence-electron chi connectivity index (χ2n) is 6.97. The molecule has 4 aromatic heterocycles. The molecule has 5 heterocycles. The Hall–Kier alpha value is -3.22. The van der Waals surface area contributed by atoms with E-state index in [4.69, 9.17) is 0 Å². The second-order valence-corrected chi connectivity index (χ2v) is 6.97. The molecule has 0 amide bonds. The van der Waals surface area contributed by atoms with Gasteiger partial charge in [0, 0.05) is 56.5 Å². The molecule has 1 N–H and O–H groups in total. The van der Waals surface area contributed by atoms with Crippen molar-refractivity contribution in [2.75, 3.05) is 18.0 Å². The van der Waals surface area contributed by atoms with Gasteiger partial charge in [-0.05, 0) is 36.6 Å². The Labute approximate surface area is 157 Å². The maximum Gasteiger partial charge on any atom is 0.142 e. The van der Waals surface area contributed by atoms with E-state index in [-0.39, 0.29) is 0 Å². The van der Waals surface area contributed by atoms with E-state index in [1.54, 1.807) is 6.33 Å². The first-order valence-corrected chi connectivity index (χ1v) is 9.31. The predicted molar refractivity (Wildman–Crippen MR) is 104 cm³/mol. The maximum atomic E-state index is 4.67. The van der Waals surface area contributed by atoms with Crippen LogP contribution in [0.3, 0.4) is 0 Å². The molecule has 1 fully saturated rings. The molecule has 4 aromatic rings. The molecule has 0 radical (unpaired) electrons. The van der Waals surface area contributed by atoms with Gasteiger partial charge in [-0.15, -0.1) is 0 Å². The van der Waals surface area contributed by atoms with Crippen LogP contribution in [0.4, 0.5) is 5.82 Å². The number of nitrogens with zero attached hydrogens (tertiary/aromatic N) is 6. The third-order valence-corrected chi connectivity index (χ3v) is 5.34. The lowest BCUT2D eigenvalue weighted by Crippen LogP contribution is -2.34. The van der Waals surface area contributed by atoms with Crippen LogP contribution in [-0.4, -0.2) is 42.6 Å². The fourth-order valence-electron chi connectivity index (χ4n) is 3.96. The van der Waals surface area contributed by atoms with Crippen molar-refractivity contribution in [3.8, 4) is 0 Å². The topological polar surface area (TPSA) is 75.5 Å². The molecule has 0 unspecified atom stereocenters. The summed E-state index contributed by atoms with van der Waals surface area (Å²) in [5.74, 6) is 2.68.